The first-order valence-corrected chi connectivity index (χ1v) is 10.4. The number of sulfonamides is 1. The third-order valence-electron chi connectivity index (χ3n) is 3.99. The summed E-state index contributed by atoms with van der Waals surface area (Å²) in [6.45, 7) is 7.26. The summed E-state index contributed by atoms with van der Waals surface area (Å²) in [6.07, 6.45) is 0.700. The second kappa shape index (κ2) is 9.53. The van der Waals surface area contributed by atoms with Gasteiger partial charge in [-0.25, -0.2) is 8.42 Å². The van der Waals surface area contributed by atoms with Crippen LogP contribution in [-0.2, 0) is 14.8 Å². The molecule has 0 fully saturated rings. The van der Waals surface area contributed by atoms with Gasteiger partial charge in [-0.3, -0.25) is 9.52 Å². The predicted octanol–water partition coefficient (Wildman–Crippen LogP) is 3.26. The second-order valence-corrected chi connectivity index (χ2v) is 7.94. The fourth-order valence-corrected chi connectivity index (χ4v) is 3.63. The average Bonchev–Trinajstić information content (AvgIpc) is 2.61. The first kappa shape index (κ1) is 20.9. The van der Waals surface area contributed by atoms with Crippen LogP contribution >= 0.6 is 0 Å². The third-order valence-corrected chi connectivity index (χ3v) is 5.37. The van der Waals surface area contributed by atoms with Gasteiger partial charge < -0.3 is 10.1 Å². The summed E-state index contributed by atoms with van der Waals surface area (Å²) < 4.78 is 33.1. The van der Waals surface area contributed by atoms with Crippen molar-refractivity contribution in [3.05, 3.63) is 59.2 Å². The van der Waals surface area contributed by atoms with Gasteiger partial charge in [0.1, 0.15) is 0 Å². The van der Waals surface area contributed by atoms with Crippen molar-refractivity contribution in [2.45, 2.75) is 32.1 Å². The molecule has 0 aromatic heterocycles. The van der Waals surface area contributed by atoms with Gasteiger partial charge >= 0.3 is 0 Å². The zero-order chi connectivity index (χ0) is 19.9. The van der Waals surface area contributed by atoms with Crippen molar-refractivity contribution in [1.29, 1.82) is 0 Å². The minimum atomic E-state index is -3.79. The number of ether oxygens (including phenoxy) is 1. The number of rotatable bonds is 9. The van der Waals surface area contributed by atoms with Crippen LogP contribution in [0.1, 0.15) is 34.8 Å². The third kappa shape index (κ3) is 6.08. The van der Waals surface area contributed by atoms with Gasteiger partial charge in [-0.15, -0.1) is 0 Å². The van der Waals surface area contributed by atoms with Gasteiger partial charge in [-0.05, 0) is 62.6 Å². The van der Waals surface area contributed by atoms with Crippen molar-refractivity contribution in [2.75, 3.05) is 24.5 Å². The van der Waals surface area contributed by atoms with Crippen molar-refractivity contribution >= 4 is 21.6 Å². The van der Waals surface area contributed by atoms with Gasteiger partial charge in [0.05, 0.1) is 4.90 Å². The molecule has 2 aromatic carbocycles. The fraction of sp³-hybridized carbons (Fsp3) is 0.350. The average molecular weight is 391 g/mol. The Labute approximate surface area is 161 Å². The first-order chi connectivity index (χ1) is 12.8. The normalized spacial score (nSPS) is 11.2. The molecule has 0 aliphatic heterocycles. The Bertz CT molecular complexity index is 895. The van der Waals surface area contributed by atoms with Crippen LogP contribution < -0.4 is 10.0 Å². The van der Waals surface area contributed by atoms with Gasteiger partial charge in [0.25, 0.3) is 15.9 Å². The van der Waals surface area contributed by atoms with E-state index in [1.165, 1.54) is 12.1 Å². The van der Waals surface area contributed by atoms with Crippen LogP contribution in [0.15, 0.2) is 47.4 Å². The molecule has 0 bridgehead atoms. The molecule has 6 nitrogen and oxygen atoms in total. The summed E-state index contributed by atoms with van der Waals surface area (Å²) in [5, 5.41) is 2.80. The molecule has 2 rings (SSSR count). The van der Waals surface area contributed by atoms with E-state index in [0.717, 1.165) is 5.56 Å². The Hall–Kier alpha value is -2.38. The van der Waals surface area contributed by atoms with Crippen LogP contribution in [0.3, 0.4) is 0 Å². The van der Waals surface area contributed by atoms with E-state index in [-0.39, 0.29) is 10.8 Å². The molecule has 0 heterocycles. The standard InChI is InChI=1S/C20H26N2O4S/c1-4-26-12-6-11-21-20(23)19-14-18(10-9-16(19)3)27(24,25)22-17-8-5-7-15(2)13-17/h5,7-10,13-14,22H,4,6,11-12H2,1-3H3,(H,21,23). The SMILES string of the molecule is CCOCCCNC(=O)c1cc(S(=O)(=O)Nc2cccc(C)c2)ccc1C. The fourth-order valence-electron chi connectivity index (χ4n) is 2.55. The summed E-state index contributed by atoms with van der Waals surface area (Å²) in [4.78, 5) is 12.5. The van der Waals surface area contributed by atoms with Gasteiger partial charge in [-0.2, -0.15) is 0 Å². The summed E-state index contributed by atoms with van der Waals surface area (Å²) in [5.41, 5.74) is 2.49. The maximum Gasteiger partial charge on any atom is 0.261 e. The van der Waals surface area contributed by atoms with E-state index in [2.05, 4.69) is 10.0 Å². The molecule has 0 saturated heterocycles. The highest BCUT2D eigenvalue weighted by atomic mass is 32.2. The highest BCUT2D eigenvalue weighted by Crippen LogP contribution is 2.20. The first-order valence-electron chi connectivity index (χ1n) is 8.89. The lowest BCUT2D eigenvalue weighted by Crippen LogP contribution is -2.26. The highest BCUT2D eigenvalue weighted by molar-refractivity contribution is 7.92. The van der Waals surface area contributed by atoms with Crippen LogP contribution in [0.2, 0.25) is 0 Å². The number of aryl methyl sites for hydroxylation is 2. The molecule has 2 aromatic rings. The number of nitrogens with one attached hydrogen (secondary N) is 2. The zero-order valence-electron chi connectivity index (χ0n) is 15.9. The zero-order valence-corrected chi connectivity index (χ0v) is 16.7. The number of amides is 1. The van der Waals surface area contributed by atoms with E-state index >= 15 is 0 Å². The van der Waals surface area contributed by atoms with E-state index in [1.807, 2.05) is 19.9 Å². The molecule has 7 heteroatoms. The molecular formula is C20H26N2O4S. The van der Waals surface area contributed by atoms with Crippen molar-refractivity contribution in [3.8, 4) is 0 Å². The smallest absolute Gasteiger partial charge is 0.261 e. The van der Waals surface area contributed by atoms with E-state index in [1.54, 1.807) is 31.2 Å². The molecule has 0 aliphatic carbocycles. The van der Waals surface area contributed by atoms with E-state index in [0.29, 0.717) is 43.0 Å². The number of anilines is 1. The lowest BCUT2D eigenvalue weighted by atomic mass is 10.1. The Morgan fingerprint density at radius 2 is 1.89 bits per heavy atom. The second-order valence-electron chi connectivity index (χ2n) is 6.26. The molecule has 146 valence electrons. The van der Waals surface area contributed by atoms with Crippen LogP contribution in [0.5, 0.6) is 0 Å². The number of hydrogen-bond donors (Lipinski definition) is 2. The topological polar surface area (TPSA) is 84.5 Å². The van der Waals surface area contributed by atoms with Crippen molar-refractivity contribution in [1.82, 2.24) is 5.32 Å². The molecule has 0 aliphatic rings. The summed E-state index contributed by atoms with van der Waals surface area (Å²) in [7, 11) is -3.79. The molecule has 0 atom stereocenters. The van der Waals surface area contributed by atoms with E-state index in [9.17, 15) is 13.2 Å². The molecule has 27 heavy (non-hydrogen) atoms. The number of benzene rings is 2. The predicted molar refractivity (Wildman–Crippen MR) is 107 cm³/mol. The highest BCUT2D eigenvalue weighted by Gasteiger charge is 2.18. The molecule has 0 unspecified atom stereocenters. The number of carbonyl (C=O) groups is 1. The summed E-state index contributed by atoms with van der Waals surface area (Å²) in [5.74, 6) is -0.295. The molecule has 2 N–H and O–H groups in total. The van der Waals surface area contributed by atoms with Gasteiger partial charge in [0.15, 0.2) is 0 Å². The minimum absolute atomic E-state index is 0.0501. The van der Waals surface area contributed by atoms with Crippen molar-refractivity contribution < 1.29 is 17.9 Å². The van der Waals surface area contributed by atoms with Crippen LogP contribution in [0.25, 0.3) is 0 Å². The molecule has 0 saturated carbocycles. The Kier molecular flexibility index (Phi) is 7.38. The van der Waals surface area contributed by atoms with Crippen LogP contribution in [0.4, 0.5) is 5.69 Å². The molecule has 0 radical (unpaired) electrons. The van der Waals surface area contributed by atoms with Gasteiger partial charge in [0, 0.05) is 31.0 Å². The van der Waals surface area contributed by atoms with Crippen LogP contribution in [-0.4, -0.2) is 34.1 Å². The van der Waals surface area contributed by atoms with Crippen LogP contribution in [0, 0.1) is 13.8 Å². The largest absolute Gasteiger partial charge is 0.382 e. The number of hydrogen-bond acceptors (Lipinski definition) is 4. The number of carbonyl (C=O) groups excluding carboxylic acids is 1. The monoisotopic (exact) mass is 390 g/mol. The molecule has 0 spiro atoms. The molecule has 1 amide bonds. The quantitative estimate of drug-likeness (QED) is 0.644. The minimum Gasteiger partial charge on any atom is -0.382 e. The Morgan fingerprint density at radius 3 is 2.59 bits per heavy atom. The Morgan fingerprint density at radius 1 is 1.11 bits per heavy atom. The van der Waals surface area contributed by atoms with Gasteiger partial charge in [-0.1, -0.05) is 18.2 Å². The van der Waals surface area contributed by atoms with E-state index in [4.69, 9.17) is 4.74 Å². The van der Waals surface area contributed by atoms with Crippen molar-refractivity contribution in [3.63, 3.8) is 0 Å². The summed E-state index contributed by atoms with van der Waals surface area (Å²) >= 11 is 0. The maximum atomic E-state index is 12.7. The lowest BCUT2D eigenvalue weighted by molar-refractivity contribution is 0.0943. The lowest BCUT2D eigenvalue weighted by Gasteiger charge is -2.12. The Balaban J connectivity index is 2.14. The molecular weight excluding hydrogens is 364 g/mol. The maximum absolute atomic E-state index is 12.7. The summed E-state index contributed by atoms with van der Waals surface area (Å²) in [6, 6.07) is 11.6. The van der Waals surface area contributed by atoms with Gasteiger partial charge in [0.2, 0.25) is 0 Å². The van der Waals surface area contributed by atoms with Crippen molar-refractivity contribution in [2.24, 2.45) is 0 Å². The van der Waals surface area contributed by atoms with E-state index < -0.39 is 10.0 Å².